The molecule has 1 atom stereocenters. The molecular formula is C17H23N3O4. The molecule has 0 radical (unpaired) electrons. The number of amides is 3. The molecule has 7 nitrogen and oxygen atoms in total. The molecule has 0 spiro atoms. The maximum absolute atomic E-state index is 12.3. The molecule has 2 aliphatic heterocycles. The van der Waals surface area contributed by atoms with Crippen LogP contribution in [-0.2, 0) is 4.79 Å². The number of hydrogen-bond donors (Lipinski definition) is 2. The van der Waals surface area contributed by atoms with E-state index in [1.165, 1.54) is 0 Å². The third kappa shape index (κ3) is 3.72. The Morgan fingerprint density at radius 2 is 2.08 bits per heavy atom. The van der Waals surface area contributed by atoms with Crippen molar-refractivity contribution < 1.29 is 19.1 Å². The van der Waals surface area contributed by atoms with Gasteiger partial charge in [0.15, 0.2) is 11.5 Å². The van der Waals surface area contributed by atoms with Gasteiger partial charge in [0.2, 0.25) is 5.91 Å². The maximum atomic E-state index is 12.3. The molecule has 1 aromatic carbocycles. The lowest BCUT2D eigenvalue weighted by atomic mass is 10.2. The van der Waals surface area contributed by atoms with Crippen molar-refractivity contribution in [2.45, 2.75) is 32.2 Å². The zero-order valence-electron chi connectivity index (χ0n) is 13.8. The summed E-state index contributed by atoms with van der Waals surface area (Å²) in [5, 5.41) is 5.67. The van der Waals surface area contributed by atoms with Crippen LogP contribution in [0.1, 0.15) is 26.2 Å². The van der Waals surface area contributed by atoms with Gasteiger partial charge in [0.1, 0.15) is 13.2 Å². The van der Waals surface area contributed by atoms with Crippen molar-refractivity contribution in [3.05, 3.63) is 18.2 Å². The van der Waals surface area contributed by atoms with Gasteiger partial charge in [-0.25, -0.2) is 4.79 Å². The first kappa shape index (κ1) is 16.4. The summed E-state index contributed by atoms with van der Waals surface area (Å²) in [6.45, 7) is 4.22. The lowest BCUT2D eigenvalue weighted by Gasteiger charge is -2.22. The third-order valence-corrected chi connectivity index (χ3v) is 4.11. The van der Waals surface area contributed by atoms with Gasteiger partial charge in [-0.05, 0) is 18.6 Å². The number of rotatable bonds is 5. The van der Waals surface area contributed by atoms with Crippen LogP contribution in [0, 0.1) is 0 Å². The van der Waals surface area contributed by atoms with Crippen LogP contribution in [0.25, 0.3) is 0 Å². The minimum absolute atomic E-state index is 0.00876. The molecular weight excluding hydrogens is 310 g/mol. The molecule has 1 saturated heterocycles. The molecule has 2 heterocycles. The smallest absolute Gasteiger partial charge is 0.315 e. The Morgan fingerprint density at radius 3 is 2.88 bits per heavy atom. The highest BCUT2D eigenvalue weighted by atomic mass is 16.6. The Morgan fingerprint density at radius 1 is 1.29 bits per heavy atom. The molecule has 0 aromatic heterocycles. The fraction of sp³-hybridized carbons (Fsp3) is 0.529. The fourth-order valence-electron chi connectivity index (χ4n) is 2.87. The first-order valence-electron chi connectivity index (χ1n) is 8.41. The van der Waals surface area contributed by atoms with Crippen LogP contribution < -0.4 is 25.0 Å². The predicted octanol–water partition coefficient (Wildman–Crippen LogP) is 1.66. The number of carbonyl (C=O) groups excluding carboxylic acids is 2. The summed E-state index contributed by atoms with van der Waals surface area (Å²) in [5.74, 6) is 1.34. The van der Waals surface area contributed by atoms with E-state index in [9.17, 15) is 9.59 Å². The maximum Gasteiger partial charge on any atom is 0.315 e. The van der Waals surface area contributed by atoms with Crippen LogP contribution in [0.5, 0.6) is 11.5 Å². The van der Waals surface area contributed by atoms with Crippen molar-refractivity contribution in [1.82, 2.24) is 10.6 Å². The number of nitrogens with zero attached hydrogens (tertiary/aromatic N) is 1. The summed E-state index contributed by atoms with van der Waals surface area (Å²) in [6, 6.07) is 5.07. The largest absolute Gasteiger partial charge is 0.486 e. The van der Waals surface area contributed by atoms with E-state index in [0.717, 1.165) is 18.5 Å². The Hall–Kier alpha value is -2.44. The van der Waals surface area contributed by atoms with Crippen LogP contribution in [0.15, 0.2) is 18.2 Å². The molecule has 3 rings (SSSR count). The van der Waals surface area contributed by atoms with Crippen molar-refractivity contribution >= 4 is 17.6 Å². The first-order valence-corrected chi connectivity index (χ1v) is 8.41. The normalized spacial score (nSPS) is 19.3. The molecule has 3 amide bonds. The highest BCUT2D eigenvalue weighted by molar-refractivity contribution is 5.97. The average molecular weight is 333 g/mol. The SMILES string of the molecule is CCCCNC(=O)N[C@@H]1CC(=O)N(c2ccc3c(c2)OCCO3)C1. The Balaban J connectivity index is 1.59. The third-order valence-electron chi connectivity index (χ3n) is 4.11. The molecule has 7 heteroatoms. The van der Waals surface area contributed by atoms with Crippen molar-refractivity contribution in [1.29, 1.82) is 0 Å². The summed E-state index contributed by atoms with van der Waals surface area (Å²) in [5.41, 5.74) is 0.764. The van der Waals surface area contributed by atoms with Crippen LogP contribution in [0.3, 0.4) is 0 Å². The van der Waals surface area contributed by atoms with Crippen molar-refractivity contribution in [2.24, 2.45) is 0 Å². The van der Waals surface area contributed by atoms with E-state index in [1.807, 2.05) is 18.2 Å². The first-order chi connectivity index (χ1) is 11.7. The van der Waals surface area contributed by atoms with Crippen LogP contribution in [-0.4, -0.2) is 44.3 Å². The Labute approximate surface area is 141 Å². The highest BCUT2D eigenvalue weighted by Crippen LogP contribution is 2.35. The zero-order valence-corrected chi connectivity index (χ0v) is 13.8. The number of ether oxygens (including phenoxy) is 2. The fourth-order valence-corrected chi connectivity index (χ4v) is 2.87. The van der Waals surface area contributed by atoms with Gasteiger partial charge in [-0.1, -0.05) is 13.3 Å². The van der Waals surface area contributed by atoms with Gasteiger partial charge < -0.3 is 25.0 Å². The molecule has 0 aliphatic carbocycles. The van der Waals surface area contributed by atoms with Gasteiger partial charge in [0.25, 0.3) is 0 Å². The van der Waals surface area contributed by atoms with Crippen LogP contribution in [0.4, 0.5) is 10.5 Å². The minimum atomic E-state index is -0.217. The summed E-state index contributed by atoms with van der Waals surface area (Å²) in [4.78, 5) is 25.8. The van der Waals surface area contributed by atoms with E-state index in [4.69, 9.17) is 9.47 Å². The second-order valence-electron chi connectivity index (χ2n) is 5.99. The second-order valence-corrected chi connectivity index (χ2v) is 5.99. The standard InChI is InChI=1S/C17H23N3O4/c1-2-3-6-18-17(22)19-12-9-16(21)20(11-12)13-4-5-14-15(10-13)24-8-7-23-14/h4-5,10,12H,2-3,6-9,11H2,1H3,(H2,18,19,22)/t12-/m1/s1. The quantitative estimate of drug-likeness (QED) is 0.803. The Kier molecular flexibility index (Phi) is 5.08. The number of hydrogen-bond acceptors (Lipinski definition) is 4. The number of nitrogens with one attached hydrogen (secondary N) is 2. The van der Waals surface area contributed by atoms with E-state index in [1.54, 1.807) is 4.90 Å². The van der Waals surface area contributed by atoms with E-state index in [2.05, 4.69) is 17.6 Å². The molecule has 1 fully saturated rings. The molecule has 130 valence electrons. The second kappa shape index (κ2) is 7.42. The number of unbranched alkanes of at least 4 members (excludes halogenated alkanes) is 1. The van der Waals surface area contributed by atoms with Gasteiger partial charge in [-0.15, -0.1) is 0 Å². The highest BCUT2D eigenvalue weighted by Gasteiger charge is 2.32. The van der Waals surface area contributed by atoms with Crippen LogP contribution in [0.2, 0.25) is 0 Å². The van der Waals surface area contributed by atoms with Gasteiger partial charge in [0.05, 0.1) is 6.04 Å². The van der Waals surface area contributed by atoms with Crippen molar-refractivity contribution in [3.8, 4) is 11.5 Å². The predicted molar refractivity (Wildman–Crippen MR) is 89.6 cm³/mol. The summed E-state index contributed by atoms with van der Waals surface area (Å²) < 4.78 is 11.1. The van der Waals surface area contributed by atoms with E-state index < -0.39 is 0 Å². The average Bonchev–Trinajstić information content (AvgIpc) is 2.95. The molecule has 0 bridgehead atoms. The number of benzene rings is 1. The van der Waals surface area contributed by atoms with Crippen molar-refractivity contribution in [3.63, 3.8) is 0 Å². The number of fused-ring (bicyclic) bond motifs is 1. The summed E-state index contributed by atoms with van der Waals surface area (Å²) in [7, 11) is 0. The lowest BCUT2D eigenvalue weighted by molar-refractivity contribution is -0.117. The van der Waals surface area contributed by atoms with Crippen molar-refractivity contribution in [2.75, 3.05) is 31.2 Å². The number of carbonyl (C=O) groups is 2. The summed E-state index contributed by atoms with van der Waals surface area (Å²) >= 11 is 0. The van der Waals surface area contributed by atoms with Crippen LogP contribution >= 0.6 is 0 Å². The molecule has 2 N–H and O–H groups in total. The van der Waals surface area contributed by atoms with E-state index in [-0.39, 0.29) is 18.0 Å². The molecule has 2 aliphatic rings. The lowest BCUT2D eigenvalue weighted by Crippen LogP contribution is -2.43. The topological polar surface area (TPSA) is 79.9 Å². The number of urea groups is 1. The van der Waals surface area contributed by atoms with Gasteiger partial charge in [-0.3, -0.25) is 4.79 Å². The molecule has 0 saturated carbocycles. The van der Waals surface area contributed by atoms with Gasteiger partial charge in [-0.2, -0.15) is 0 Å². The Bertz CT molecular complexity index is 620. The van der Waals surface area contributed by atoms with Gasteiger partial charge in [0, 0.05) is 31.3 Å². The van der Waals surface area contributed by atoms with Gasteiger partial charge >= 0.3 is 6.03 Å². The van der Waals surface area contributed by atoms with E-state index >= 15 is 0 Å². The molecule has 1 aromatic rings. The molecule has 0 unspecified atom stereocenters. The zero-order chi connectivity index (χ0) is 16.9. The monoisotopic (exact) mass is 333 g/mol. The summed E-state index contributed by atoms with van der Waals surface area (Å²) in [6.07, 6.45) is 2.27. The molecule has 24 heavy (non-hydrogen) atoms. The van der Waals surface area contributed by atoms with E-state index in [0.29, 0.717) is 44.2 Å². The minimum Gasteiger partial charge on any atom is -0.486 e. The number of anilines is 1.